The summed E-state index contributed by atoms with van der Waals surface area (Å²) in [6.45, 7) is 6.19. The van der Waals surface area contributed by atoms with E-state index in [4.69, 9.17) is 0 Å². The van der Waals surface area contributed by atoms with Gasteiger partial charge in [-0.3, -0.25) is 0 Å². The van der Waals surface area contributed by atoms with Crippen molar-refractivity contribution in [3.8, 4) is 0 Å². The van der Waals surface area contributed by atoms with E-state index in [1.54, 1.807) is 0 Å². The molecule has 2 bridgehead atoms. The number of hydrogen-bond donors (Lipinski definition) is 6. The van der Waals surface area contributed by atoms with E-state index in [1.807, 2.05) is 6.92 Å². The van der Waals surface area contributed by atoms with Gasteiger partial charge in [0.05, 0.1) is 0 Å². The minimum atomic E-state index is -1.99. The van der Waals surface area contributed by atoms with Crippen LogP contribution in [0.4, 0.5) is 0 Å². The minimum absolute atomic E-state index is 0.162. The molecule has 0 heterocycles. The smallest absolute Gasteiger partial charge is 0.134 e. The summed E-state index contributed by atoms with van der Waals surface area (Å²) >= 11 is 0. The molecule has 0 amide bonds. The van der Waals surface area contributed by atoms with Crippen LogP contribution in [0.15, 0.2) is 0 Å². The molecule has 0 saturated heterocycles. The summed E-state index contributed by atoms with van der Waals surface area (Å²) in [6, 6.07) is 0. The topological polar surface area (TPSA) is 121 Å². The molecule has 9 atom stereocenters. The predicted molar refractivity (Wildman–Crippen MR) is 75.6 cm³/mol. The van der Waals surface area contributed by atoms with Gasteiger partial charge in [-0.15, -0.1) is 0 Å². The molecule has 4 aliphatic rings. The van der Waals surface area contributed by atoms with Gasteiger partial charge in [0.25, 0.3) is 0 Å². The van der Waals surface area contributed by atoms with Gasteiger partial charge in [-0.2, -0.15) is 0 Å². The van der Waals surface area contributed by atoms with Crippen LogP contribution in [-0.2, 0) is 0 Å². The first-order valence-electron chi connectivity index (χ1n) is 8.12. The second-order valence-electron chi connectivity index (χ2n) is 8.80. The summed E-state index contributed by atoms with van der Waals surface area (Å²) in [5.74, 6) is 0.268. The van der Waals surface area contributed by atoms with Crippen LogP contribution in [0.1, 0.15) is 40.0 Å². The van der Waals surface area contributed by atoms with E-state index in [0.717, 1.165) is 12.8 Å². The molecule has 22 heavy (non-hydrogen) atoms. The summed E-state index contributed by atoms with van der Waals surface area (Å²) in [5, 5.41) is 63.1. The van der Waals surface area contributed by atoms with Crippen LogP contribution in [0.25, 0.3) is 0 Å². The molecular formula is C16H26O6. The average molecular weight is 314 g/mol. The highest BCUT2D eigenvalue weighted by atomic mass is 16.5. The SMILES string of the molecule is CC1(C)C2CCC1(C)C1(C2)[C@]2(O)[C@@H](O)[C@H](O)[C@@H](O)[C@H](O)[C@]12O. The quantitative estimate of drug-likeness (QED) is 0.332. The van der Waals surface area contributed by atoms with Gasteiger partial charge in [0.2, 0.25) is 0 Å². The van der Waals surface area contributed by atoms with Crippen LogP contribution in [0.5, 0.6) is 0 Å². The molecule has 6 heteroatoms. The number of rotatable bonds is 0. The Morgan fingerprint density at radius 1 is 0.818 bits per heavy atom. The summed E-state index contributed by atoms with van der Waals surface area (Å²) in [6.07, 6.45) is -4.46. The number of hydrogen-bond acceptors (Lipinski definition) is 6. The zero-order valence-corrected chi connectivity index (χ0v) is 13.2. The maximum Gasteiger partial charge on any atom is 0.134 e. The first kappa shape index (κ1) is 15.3. The van der Waals surface area contributed by atoms with E-state index in [9.17, 15) is 30.6 Å². The summed E-state index contributed by atoms with van der Waals surface area (Å²) in [4.78, 5) is 0. The molecule has 4 rings (SSSR count). The Labute approximate surface area is 129 Å². The van der Waals surface area contributed by atoms with Crippen LogP contribution in [-0.4, -0.2) is 66.3 Å². The standard InChI is InChI=1S/C16H26O6/c1-12(2)7-4-5-13(12,3)14(6-7)15(21)10(19)8(17)9(18)11(20)16(14,15)22/h7-11,17-22H,4-6H2,1-3H3/t7?,8-,9-,10+,11+,13?,14?,15-,16+/m1/s1. The van der Waals surface area contributed by atoms with E-state index in [-0.39, 0.29) is 11.3 Å². The number of aliphatic hydroxyl groups excluding tert-OH is 4. The zero-order chi connectivity index (χ0) is 16.5. The fourth-order valence-corrected chi connectivity index (χ4v) is 6.93. The highest BCUT2D eigenvalue weighted by molar-refractivity contribution is 5.50. The van der Waals surface area contributed by atoms with Crippen molar-refractivity contribution in [1.82, 2.24) is 0 Å². The van der Waals surface area contributed by atoms with Gasteiger partial charge in [-0.1, -0.05) is 20.8 Å². The second kappa shape index (κ2) is 3.55. The van der Waals surface area contributed by atoms with Gasteiger partial charge in [-0.25, -0.2) is 0 Å². The fraction of sp³-hybridized carbons (Fsp3) is 1.00. The monoisotopic (exact) mass is 314 g/mol. The van der Waals surface area contributed by atoms with E-state index in [2.05, 4.69) is 13.8 Å². The van der Waals surface area contributed by atoms with Gasteiger partial charge in [-0.05, 0) is 36.0 Å². The number of aliphatic hydroxyl groups is 6. The fourth-order valence-electron chi connectivity index (χ4n) is 6.93. The largest absolute Gasteiger partial charge is 0.387 e. The molecule has 0 aromatic carbocycles. The van der Waals surface area contributed by atoms with Crippen LogP contribution < -0.4 is 0 Å². The lowest BCUT2D eigenvalue weighted by atomic mass is 9.62. The van der Waals surface area contributed by atoms with Gasteiger partial charge in [0.15, 0.2) is 0 Å². The van der Waals surface area contributed by atoms with Gasteiger partial charge in [0.1, 0.15) is 35.6 Å². The molecule has 0 aromatic rings. The first-order chi connectivity index (χ1) is 9.95. The molecule has 6 nitrogen and oxygen atoms in total. The zero-order valence-electron chi connectivity index (χ0n) is 13.2. The lowest BCUT2D eigenvalue weighted by Gasteiger charge is -2.42. The molecule has 1 spiro atoms. The third kappa shape index (κ3) is 0.991. The minimum Gasteiger partial charge on any atom is -0.387 e. The van der Waals surface area contributed by atoms with Gasteiger partial charge in [0, 0.05) is 5.41 Å². The maximum atomic E-state index is 11.2. The normalized spacial score (nSPS) is 68.3. The Balaban J connectivity index is 1.93. The summed E-state index contributed by atoms with van der Waals surface area (Å²) in [5.41, 5.74) is -5.72. The van der Waals surface area contributed by atoms with Crippen molar-refractivity contribution in [2.75, 3.05) is 0 Å². The molecule has 6 N–H and O–H groups in total. The molecule has 4 aliphatic carbocycles. The summed E-state index contributed by atoms with van der Waals surface area (Å²) in [7, 11) is 0. The van der Waals surface area contributed by atoms with Crippen LogP contribution >= 0.6 is 0 Å². The Hall–Kier alpha value is -0.240. The Morgan fingerprint density at radius 3 is 1.59 bits per heavy atom. The Kier molecular flexibility index (Phi) is 2.47. The second-order valence-corrected chi connectivity index (χ2v) is 8.80. The van der Waals surface area contributed by atoms with Gasteiger partial charge < -0.3 is 30.6 Å². The average Bonchev–Trinajstić information content (AvgIpc) is 2.69. The third-order valence-electron chi connectivity index (χ3n) is 8.60. The van der Waals surface area contributed by atoms with E-state index < -0.39 is 46.4 Å². The van der Waals surface area contributed by atoms with Crippen LogP contribution in [0.2, 0.25) is 0 Å². The van der Waals surface area contributed by atoms with E-state index >= 15 is 0 Å². The van der Waals surface area contributed by atoms with Crippen molar-refractivity contribution in [3.05, 3.63) is 0 Å². The molecular weight excluding hydrogens is 288 g/mol. The van der Waals surface area contributed by atoms with Crippen molar-refractivity contribution in [3.63, 3.8) is 0 Å². The predicted octanol–water partition coefficient (Wildman–Crippen LogP) is -1.25. The third-order valence-corrected chi connectivity index (χ3v) is 8.60. The first-order valence-corrected chi connectivity index (χ1v) is 8.12. The van der Waals surface area contributed by atoms with Crippen molar-refractivity contribution in [2.24, 2.45) is 22.2 Å². The van der Waals surface area contributed by atoms with Crippen molar-refractivity contribution in [1.29, 1.82) is 0 Å². The molecule has 126 valence electrons. The lowest BCUT2D eigenvalue weighted by Crippen LogP contribution is -2.63. The van der Waals surface area contributed by atoms with E-state index in [1.165, 1.54) is 0 Å². The Bertz CT molecular complexity index is 523. The van der Waals surface area contributed by atoms with Gasteiger partial charge >= 0.3 is 0 Å². The highest BCUT2D eigenvalue weighted by Gasteiger charge is 3.01. The molecule has 0 aliphatic heterocycles. The summed E-state index contributed by atoms with van der Waals surface area (Å²) < 4.78 is 0. The lowest BCUT2D eigenvalue weighted by molar-refractivity contribution is -0.223. The molecule has 0 radical (unpaired) electrons. The Morgan fingerprint density at radius 2 is 1.27 bits per heavy atom. The van der Waals surface area contributed by atoms with E-state index in [0.29, 0.717) is 6.42 Å². The molecule has 0 aromatic heterocycles. The van der Waals surface area contributed by atoms with Crippen molar-refractivity contribution >= 4 is 0 Å². The van der Waals surface area contributed by atoms with Crippen molar-refractivity contribution < 1.29 is 30.6 Å². The highest BCUT2D eigenvalue weighted by Crippen LogP contribution is 2.90. The van der Waals surface area contributed by atoms with Crippen LogP contribution in [0.3, 0.4) is 0 Å². The molecule has 3 unspecified atom stereocenters. The van der Waals surface area contributed by atoms with Crippen LogP contribution in [0, 0.1) is 22.2 Å². The maximum absolute atomic E-state index is 11.2. The molecule has 4 fully saturated rings. The molecule has 4 saturated carbocycles. The van der Waals surface area contributed by atoms with Crippen molar-refractivity contribution in [2.45, 2.75) is 75.7 Å². The number of fused-ring (bicyclic) bond motifs is 6.